The molecule has 1 fully saturated rings. The number of anilines is 1. The molecule has 33 heavy (non-hydrogen) atoms. The van der Waals surface area contributed by atoms with Crippen molar-refractivity contribution in [2.75, 3.05) is 18.4 Å². The predicted octanol–water partition coefficient (Wildman–Crippen LogP) is 3.69. The molecule has 9 heteroatoms. The number of benzene rings is 2. The molecule has 2 aromatic carbocycles. The average molecular weight is 446 g/mol. The molecule has 1 aromatic heterocycles. The van der Waals surface area contributed by atoms with Crippen LogP contribution >= 0.6 is 0 Å². The Morgan fingerprint density at radius 2 is 1.82 bits per heavy atom. The molecule has 168 valence electrons. The summed E-state index contributed by atoms with van der Waals surface area (Å²) in [5.41, 5.74) is 7.35. The van der Waals surface area contributed by atoms with Crippen LogP contribution in [-0.2, 0) is 0 Å². The molecule has 0 bridgehead atoms. The van der Waals surface area contributed by atoms with Gasteiger partial charge < -0.3 is 25.8 Å². The molecule has 0 aliphatic carbocycles. The topological polar surface area (TPSA) is 135 Å². The Morgan fingerprint density at radius 3 is 2.45 bits per heavy atom. The Labute approximate surface area is 189 Å². The zero-order valence-corrected chi connectivity index (χ0v) is 17.6. The van der Waals surface area contributed by atoms with Crippen LogP contribution in [0.1, 0.15) is 38.7 Å². The first-order valence-electron chi connectivity index (χ1n) is 10.3. The van der Waals surface area contributed by atoms with Crippen molar-refractivity contribution in [2.24, 2.45) is 5.73 Å². The van der Waals surface area contributed by atoms with Crippen molar-refractivity contribution in [3.8, 4) is 11.5 Å². The van der Waals surface area contributed by atoms with E-state index in [1.807, 2.05) is 6.07 Å². The summed E-state index contributed by atoms with van der Waals surface area (Å²) in [4.78, 5) is 41.0. The van der Waals surface area contributed by atoms with E-state index in [-0.39, 0.29) is 23.1 Å². The number of amides is 3. The number of nitrogens with two attached hydrogens (primary N) is 1. The maximum absolute atomic E-state index is 12.3. The van der Waals surface area contributed by atoms with Gasteiger partial charge in [0.15, 0.2) is 0 Å². The van der Waals surface area contributed by atoms with Gasteiger partial charge >= 0.3 is 6.09 Å². The fourth-order valence-corrected chi connectivity index (χ4v) is 3.65. The van der Waals surface area contributed by atoms with Gasteiger partial charge in [0.25, 0.3) is 11.8 Å². The van der Waals surface area contributed by atoms with Crippen molar-refractivity contribution >= 4 is 23.6 Å². The Bertz CT molecular complexity index is 1180. The van der Waals surface area contributed by atoms with Gasteiger partial charge in [0.1, 0.15) is 17.1 Å². The van der Waals surface area contributed by atoms with Crippen LogP contribution in [0, 0.1) is 0 Å². The number of carboxylic acid groups (broad SMARTS) is 1. The normalized spacial score (nSPS) is 15.2. The number of ether oxygens (including phenoxy) is 1. The van der Waals surface area contributed by atoms with Crippen molar-refractivity contribution in [1.82, 2.24) is 9.88 Å². The fourth-order valence-electron chi connectivity index (χ4n) is 3.65. The number of rotatable bonds is 6. The van der Waals surface area contributed by atoms with Crippen molar-refractivity contribution < 1.29 is 24.2 Å². The largest absolute Gasteiger partial charge is 0.465 e. The first-order chi connectivity index (χ1) is 15.9. The Balaban J connectivity index is 1.50. The number of carbonyl (C=O) groups is 3. The van der Waals surface area contributed by atoms with Crippen LogP contribution in [0.3, 0.4) is 0 Å². The standard InChI is InChI=1S/C24H22N4O5/c25-22(29)19-13-26-20(16-10-11-28(14-16)24(31)32)12-21(19)33-18-8-6-17(7-9-18)27-23(30)15-4-2-1-3-5-15/h1-9,12-13,16H,10-11,14H2,(H2,25,29)(H,27,30)(H,31,32). The lowest BCUT2D eigenvalue weighted by Gasteiger charge is -2.15. The van der Waals surface area contributed by atoms with E-state index >= 15 is 0 Å². The van der Waals surface area contributed by atoms with Gasteiger partial charge in [0, 0.05) is 48.2 Å². The molecule has 0 saturated carbocycles. The van der Waals surface area contributed by atoms with E-state index in [2.05, 4.69) is 10.3 Å². The Morgan fingerprint density at radius 1 is 1.09 bits per heavy atom. The quantitative estimate of drug-likeness (QED) is 0.528. The zero-order chi connectivity index (χ0) is 23.4. The number of aromatic nitrogens is 1. The smallest absolute Gasteiger partial charge is 0.407 e. The first-order valence-corrected chi connectivity index (χ1v) is 10.3. The summed E-state index contributed by atoms with van der Waals surface area (Å²) in [6.07, 6.45) is 1.01. The monoisotopic (exact) mass is 446 g/mol. The van der Waals surface area contributed by atoms with Gasteiger partial charge in [-0.05, 0) is 42.8 Å². The number of nitrogens with one attached hydrogen (secondary N) is 1. The minimum atomic E-state index is -0.970. The third-order valence-corrected chi connectivity index (χ3v) is 5.41. The number of pyridine rings is 1. The number of hydrogen-bond acceptors (Lipinski definition) is 5. The van der Waals surface area contributed by atoms with Crippen LogP contribution in [0.4, 0.5) is 10.5 Å². The van der Waals surface area contributed by atoms with Crippen molar-refractivity contribution in [3.05, 3.63) is 83.7 Å². The molecule has 0 radical (unpaired) electrons. The highest BCUT2D eigenvalue weighted by Gasteiger charge is 2.29. The zero-order valence-electron chi connectivity index (χ0n) is 17.6. The minimum absolute atomic E-state index is 0.0963. The first kappa shape index (κ1) is 21.8. The van der Waals surface area contributed by atoms with Crippen LogP contribution in [0.5, 0.6) is 11.5 Å². The Kier molecular flexibility index (Phi) is 6.21. The van der Waals surface area contributed by atoms with Crippen molar-refractivity contribution in [3.63, 3.8) is 0 Å². The van der Waals surface area contributed by atoms with Crippen molar-refractivity contribution in [1.29, 1.82) is 0 Å². The molecule has 1 aliphatic heterocycles. The molecule has 4 rings (SSSR count). The highest BCUT2D eigenvalue weighted by Crippen LogP contribution is 2.32. The highest BCUT2D eigenvalue weighted by molar-refractivity contribution is 6.04. The third-order valence-electron chi connectivity index (χ3n) is 5.41. The minimum Gasteiger partial charge on any atom is -0.465 e. The van der Waals surface area contributed by atoms with Crippen molar-refractivity contribution in [2.45, 2.75) is 12.3 Å². The molecule has 3 aromatic rings. The van der Waals surface area contributed by atoms with Crippen LogP contribution in [0.2, 0.25) is 0 Å². The van der Waals surface area contributed by atoms with E-state index < -0.39 is 12.0 Å². The third kappa shape index (κ3) is 5.09. The summed E-state index contributed by atoms with van der Waals surface area (Å²) in [6.45, 7) is 0.749. The Hall–Kier alpha value is -4.40. The molecule has 4 N–H and O–H groups in total. The van der Waals surface area contributed by atoms with E-state index in [1.54, 1.807) is 54.6 Å². The maximum atomic E-state index is 12.3. The second-order valence-corrected chi connectivity index (χ2v) is 7.63. The van der Waals surface area contributed by atoms with Gasteiger partial charge in [0.05, 0.1) is 0 Å². The summed E-state index contributed by atoms with van der Waals surface area (Å²) in [7, 11) is 0. The lowest BCUT2D eigenvalue weighted by Crippen LogP contribution is -2.26. The summed E-state index contributed by atoms with van der Waals surface area (Å²) in [6, 6.07) is 17.2. The van der Waals surface area contributed by atoms with E-state index in [4.69, 9.17) is 10.5 Å². The van der Waals surface area contributed by atoms with E-state index in [0.29, 0.717) is 42.2 Å². The summed E-state index contributed by atoms with van der Waals surface area (Å²) in [5, 5.41) is 12.0. The van der Waals surface area contributed by atoms with Crippen LogP contribution in [0.15, 0.2) is 66.9 Å². The number of primary amides is 1. The maximum Gasteiger partial charge on any atom is 0.407 e. The lowest BCUT2D eigenvalue weighted by atomic mass is 10.0. The molecule has 1 saturated heterocycles. The predicted molar refractivity (Wildman–Crippen MR) is 121 cm³/mol. The second-order valence-electron chi connectivity index (χ2n) is 7.63. The molecule has 0 spiro atoms. The molecule has 1 unspecified atom stereocenters. The summed E-state index contributed by atoms with van der Waals surface area (Å²) >= 11 is 0. The highest BCUT2D eigenvalue weighted by atomic mass is 16.5. The second kappa shape index (κ2) is 9.39. The van der Waals surface area contributed by atoms with Gasteiger partial charge in [-0.25, -0.2) is 4.79 Å². The van der Waals surface area contributed by atoms with Gasteiger partial charge in [-0.2, -0.15) is 0 Å². The van der Waals surface area contributed by atoms with Crippen LogP contribution < -0.4 is 15.8 Å². The van der Waals surface area contributed by atoms with Gasteiger partial charge in [0.2, 0.25) is 0 Å². The fraction of sp³-hybridized carbons (Fsp3) is 0.167. The summed E-state index contributed by atoms with van der Waals surface area (Å²) < 4.78 is 5.91. The number of hydrogen-bond donors (Lipinski definition) is 3. The van der Waals surface area contributed by atoms with Gasteiger partial charge in [-0.1, -0.05) is 18.2 Å². The van der Waals surface area contributed by atoms with Crippen LogP contribution in [-0.4, -0.2) is 46.0 Å². The molecular weight excluding hydrogens is 424 g/mol. The average Bonchev–Trinajstić information content (AvgIpc) is 3.31. The molecule has 2 heterocycles. The number of nitrogens with zero attached hydrogens (tertiary/aromatic N) is 2. The van der Waals surface area contributed by atoms with E-state index in [0.717, 1.165) is 0 Å². The van der Waals surface area contributed by atoms with E-state index in [9.17, 15) is 19.5 Å². The number of likely N-dealkylation sites (tertiary alicyclic amines) is 1. The lowest BCUT2D eigenvalue weighted by molar-refractivity contribution is 0.0995. The molecule has 9 nitrogen and oxygen atoms in total. The molecule has 1 atom stereocenters. The number of carbonyl (C=O) groups excluding carboxylic acids is 2. The molecule has 3 amide bonds. The van der Waals surface area contributed by atoms with E-state index in [1.165, 1.54) is 11.1 Å². The molecular formula is C24H22N4O5. The van der Waals surface area contributed by atoms with Crippen LogP contribution in [0.25, 0.3) is 0 Å². The van der Waals surface area contributed by atoms with Gasteiger partial charge in [-0.15, -0.1) is 0 Å². The SMILES string of the molecule is NC(=O)c1cnc(C2CCN(C(=O)O)C2)cc1Oc1ccc(NC(=O)c2ccccc2)cc1. The summed E-state index contributed by atoms with van der Waals surface area (Å²) in [5.74, 6) is -0.338. The van der Waals surface area contributed by atoms with Gasteiger partial charge in [-0.3, -0.25) is 14.6 Å². The molecule has 1 aliphatic rings.